The molecule has 0 aromatic carbocycles. The normalized spacial score (nSPS) is 21.5. The Hall–Kier alpha value is -0.120. The second kappa shape index (κ2) is 6.88. The van der Waals surface area contributed by atoms with Gasteiger partial charge in [0.15, 0.2) is 0 Å². The Morgan fingerprint density at radius 2 is 1.61 bits per heavy atom. The number of piperazine rings is 1. The molecule has 0 aromatic heterocycles. The molecule has 2 N–H and O–H groups in total. The number of rotatable bonds is 5. The van der Waals surface area contributed by atoms with Gasteiger partial charge in [0.25, 0.3) is 0 Å². The van der Waals surface area contributed by atoms with Gasteiger partial charge in [0.1, 0.15) is 0 Å². The van der Waals surface area contributed by atoms with Crippen LogP contribution in [0, 0.1) is 11.3 Å². The summed E-state index contributed by atoms with van der Waals surface area (Å²) >= 11 is 0. The molecule has 0 saturated carbocycles. The first-order chi connectivity index (χ1) is 8.31. The van der Waals surface area contributed by atoms with Crippen molar-refractivity contribution in [1.82, 2.24) is 9.80 Å². The summed E-state index contributed by atoms with van der Waals surface area (Å²) in [5.41, 5.74) is 6.33. The highest BCUT2D eigenvalue weighted by molar-refractivity contribution is 4.78. The SMILES string of the molecule is CC(C)N1CCN(CC(CN)CC(C)(C)C)CC1. The van der Waals surface area contributed by atoms with Crippen molar-refractivity contribution in [3.8, 4) is 0 Å². The molecule has 1 saturated heterocycles. The number of nitrogens with zero attached hydrogens (tertiary/aromatic N) is 2. The molecule has 0 bridgehead atoms. The topological polar surface area (TPSA) is 32.5 Å². The van der Waals surface area contributed by atoms with Gasteiger partial charge < -0.3 is 10.6 Å². The maximum Gasteiger partial charge on any atom is 0.0113 e. The third-order valence-corrected chi connectivity index (χ3v) is 3.89. The molecule has 1 rings (SSSR count). The van der Waals surface area contributed by atoms with Crippen LogP contribution in [0.5, 0.6) is 0 Å². The van der Waals surface area contributed by atoms with E-state index in [1.807, 2.05) is 0 Å². The van der Waals surface area contributed by atoms with Crippen LogP contribution in [0.25, 0.3) is 0 Å². The van der Waals surface area contributed by atoms with E-state index in [0.717, 1.165) is 6.54 Å². The minimum Gasteiger partial charge on any atom is -0.330 e. The van der Waals surface area contributed by atoms with E-state index < -0.39 is 0 Å². The molecular formula is C15H33N3. The quantitative estimate of drug-likeness (QED) is 0.816. The van der Waals surface area contributed by atoms with Crippen molar-refractivity contribution in [2.45, 2.75) is 47.1 Å². The summed E-state index contributed by atoms with van der Waals surface area (Å²) in [5, 5.41) is 0. The molecule has 0 aliphatic carbocycles. The van der Waals surface area contributed by atoms with Crippen molar-refractivity contribution in [2.75, 3.05) is 39.3 Å². The fourth-order valence-corrected chi connectivity index (χ4v) is 2.92. The van der Waals surface area contributed by atoms with Crippen molar-refractivity contribution in [3.63, 3.8) is 0 Å². The molecule has 1 fully saturated rings. The summed E-state index contributed by atoms with van der Waals surface area (Å²) in [7, 11) is 0. The first-order valence-electron chi connectivity index (χ1n) is 7.48. The van der Waals surface area contributed by atoms with Crippen molar-refractivity contribution >= 4 is 0 Å². The minimum atomic E-state index is 0.393. The molecule has 1 atom stereocenters. The third-order valence-electron chi connectivity index (χ3n) is 3.89. The van der Waals surface area contributed by atoms with Crippen LogP contribution < -0.4 is 5.73 Å². The molecule has 3 nitrogen and oxygen atoms in total. The summed E-state index contributed by atoms with van der Waals surface area (Å²) in [6.45, 7) is 18.4. The molecule has 108 valence electrons. The summed E-state index contributed by atoms with van der Waals surface area (Å²) in [4.78, 5) is 5.17. The fourth-order valence-electron chi connectivity index (χ4n) is 2.92. The van der Waals surface area contributed by atoms with Crippen LogP contribution in [0.4, 0.5) is 0 Å². The molecular weight excluding hydrogens is 222 g/mol. The van der Waals surface area contributed by atoms with E-state index in [2.05, 4.69) is 44.4 Å². The first kappa shape index (κ1) is 15.9. The summed E-state index contributed by atoms with van der Waals surface area (Å²) in [6, 6.07) is 0.687. The summed E-state index contributed by atoms with van der Waals surface area (Å²) in [5.74, 6) is 0.649. The summed E-state index contributed by atoms with van der Waals surface area (Å²) < 4.78 is 0. The van der Waals surface area contributed by atoms with Crippen LogP contribution in [0.3, 0.4) is 0 Å². The summed E-state index contributed by atoms with van der Waals surface area (Å²) in [6.07, 6.45) is 1.23. The Kier molecular flexibility index (Phi) is 6.09. The number of nitrogens with two attached hydrogens (primary N) is 1. The molecule has 1 aliphatic heterocycles. The molecule has 1 unspecified atom stereocenters. The largest absolute Gasteiger partial charge is 0.330 e. The van der Waals surface area contributed by atoms with Crippen LogP contribution in [-0.4, -0.2) is 55.1 Å². The lowest BCUT2D eigenvalue weighted by Gasteiger charge is -2.39. The molecule has 3 heteroatoms. The lowest BCUT2D eigenvalue weighted by molar-refractivity contribution is 0.0911. The monoisotopic (exact) mass is 255 g/mol. The average Bonchev–Trinajstić information content (AvgIpc) is 2.27. The zero-order chi connectivity index (χ0) is 13.8. The lowest BCUT2D eigenvalue weighted by Crippen LogP contribution is -2.50. The average molecular weight is 255 g/mol. The van der Waals surface area contributed by atoms with Gasteiger partial charge in [0.05, 0.1) is 0 Å². The third kappa shape index (κ3) is 5.68. The number of hydrogen-bond acceptors (Lipinski definition) is 3. The zero-order valence-electron chi connectivity index (χ0n) is 13.1. The van der Waals surface area contributed by atoms with Gasteiger partial charge in [-0.15, -0.1) is 0 Å². The number of hydrogen-bond donors (Lipinski definition) is 1. The predicted molar refractivity (Wildman–Crippen MR) is 79.8 cm³/mol. The van der Waals surface area contributed by atoms with Gasteiger partial charge in [-0.25, -0.2) is 0 Å². The van der Waals surface area contributed by atoms with Crippen molar-refractivity contribution in [2.24, 2.45) is 17.1 Å². The van der Waals surface area contributed by atoms with E-state index in [4.69, 9.17) is 5.73 Å². The van der Waals surface area contributed by atoms with E-state index in [0.29, 0.717) is 17.4 Å². The smallest absolute Gasteiger partial charge is 0.0113 e. The molecule has 0 radical (unpaired) electrons. The van der Waals surface area contributed by atoms with Crippen molar-refractivity contribution in [1.29, 1.82) is 0 Å². The molecule has 0 aromatic rings. The highest BCUT2D eigenvalue weighted by Crippen LogP contribution is 2.24. The Balaban J connectivity index is 2.34. The van der Waals surface area contributed by atoms with Crippen molar-refractivity contribution in [3.05, 3.63) is 0 Å². The van der Waals surface area contributed by atoms with Gasteiger partial charge in [0, 0.05) is 38.8 Å². The van der Waals surface area contributed by atoms with E-state index in [-0.39, 0.29) is 0 Å². The lowest BCUT2D eigenvalue weighted by atomic mass is 9.84. The predicted octanol–water partition coefficient (Wildman–Crippen LogP) is 2.02. The Bertz CT molecular complexity index is 224. The fraction of sp³-hybridized carbons (Fsp3) is 1.00. The second-order valence-corrected chi connectivity index (χ2v) is 7.30. The van der Waals surface area contributed by atoms with Crippen LogP contribution in [0.2, 0.25) is 0 Å². The van der Waals surface area contributed by atoms with Crippen LogP contribution in [0.1, 0.15) is 41.0 Å². The minimum absolute atomic E-state index is 0.393. The highest BCUT2D eigenvalue weighted by Gasteiger charge is 2.23. The van der Waals surface area contributed by atoms with Crippen molar-refractivity contribution < 1.29 is 0 Å². The zero-order valence-corrected chi connectivity index (χ0v) is 13.1. The van der Waals surface area contributed by atoms with E-state index in [1.54, 1.807) is 0 Å². The van der Waals surface area contributed by atoms with Crippen LogP contribution in [-0.2, 0) is 0 Å². The van der Waals surface area contributed by atoms with E-state index in [1.165, 1.54) is 39.1 Å². The molecule has 18 heavy (non-hydrogen) atoms. The first-order valence-corrected chi connectivity index (χ1v) is 7.48. The molecule has 1 heterocycles. The van der Waals surface area contributed by atoms with Crippen LogP contribution in [0.15, 0.2) is 0 Å². The molecule has 0 spiro atoms. The van der Waals surface area contributed by atoms with Gasteiger partial charge in [0.2, 0.25) is 0 Å². The second-order valence-electron chi connectivity index (χ2n) is 7.30. The Morgan fingerprint density at radius 1 is 1.06 bits per heavy atom. The molecule has 1 aliphatic rings. The maximum atomic E-state index is 5.94. The van der Waals surface area contributed by atoms with Gasteiger partial charge in [-0.3, -0.25) is 4.90 Å². The van der Waals surface area contributed by atoms with Crippen LogP contribution >= 0.6 is 0 Å². The molecule has 0 amide bonds. The van der Waals surface area contributed by atoms with E-state index in [9.17, 15) is 0 Å². The highest BCUT2D eigenvalue weighted by atomic mass is 15.3. The maximum absolute atomic E-state index is 5.94. The van der Waals surface area contributed by atoms with Gasteiger partial charge in [-0.1, -0.05) is 20.8 Å². The standard InChI is InChI=1S/C15H33N3/c1-13(2)18-8-6-17(7-9-18)12-14(11-16)10-15(3,4)5/h13-14H,6-12,16H2,1-5H3. The van der Waals surface area contributed by atoms with E-state index >= 15 is 0 Å². The Labute approximate surface area is 114 Å². The van der Waals surface area contributed by atoms with Gasteiger partial charge >= 0.3 is 0 Å². The Morgan fingerprint density at radius 3 is 2.00 bits per heavy atom. The van der Waals surface area contributed by atoms with Gasteiger partial charge in [-0.2, -0.15) is 0 Å². The van der Waals surface area contributed by atoms with Gasteiger partial charge in [-0.05, 0) is 38.1 Å².